The van der Waals surface area contributed by atoms with Crippen LogP contribution < -0.4 is 0 Å². The number of hydrogen-bond acceptors (Lipinski definition) is 0. The van der Waals surface area contributed by atoms with Crippen LogP contribution in [-0.4, -0.2) is 0 Å². The van der Waals surface area contributed by atoms with E-state index >= 15 is 4.39 Å². The molecule has 0 atom stereocenters. The zero-order valence-electron chi connectivity index (χ0n) is 19.9. The van der Waals surface area contributed by atoms with Crippen molar-refractivity contribution < 1.29 is 13.2 Å². The number of allylic oxidation sites excluding steroid dienone is 3. The molecule has 4 rings (SSSR count). The minimum absolute atomic E-state index is 0.169. The van der Waals surface area contributed by atoms with Crippen LogP contribution in [0.3, 0.4) is 0 Å². The molecule has 0 N–H and O–H groups in total. The largest absolute Gasteiger partial charge is 0.206 e. The van der Waals surface area contributed by atoms with Gasteiger partial charge in [0.05, 0.1) is 5.39 Å². The Balaban J connectivity index is 1.53. The third-order valence-electron chi connectivity index (χ3n) is 7.34. The van der Waals surface area contributed by atoms with Crippen molar-refractivity contribution in [3.63, 3.8) is 0 Å². The Hall–Kier alpha value is -2.81. The molecular formula is C31H33F3. The summed E-state index contributed by atoms with van der Waals surface area (Å²) in [5, 5.41) is 0.0969. The van der Waals surface area contributed by atoms with Gasteiger partial charge in [0.15, 0.2) is 11.6 Å². The van der Waals surface area contributed by atoms with E-state index in [2.05, 4.69) is 25.7 Å². The number of aryl methyl sites for hydroxylation is 1. The molecule has 3 aromatic rings. The third-order valence-corrected chi connectivity index (χ3v) is 7.34. The molecule has 0 nitrogen and oxygen atoms in total. The molecule has 178 valence electrons. The van der Waals surface area contributed by atoms with E-state index in [0.29, 0.717) is 35.3 Å². The predicted molar refractivity (Wildman–Crippen MR) is 137 cm³/mol. The summed E-state index contributed by atoms with van der Waals surface area (Å²) in [6.07, 6.45) is 14.3. The Bertz CT molecular complexity index is 1170. The van der Waals surface area contributed by atoms with Crippen LogP contribution in [0.1, 0.15) is 68.9 Å². The molecule has 0 saturated heterocycles. The van der Waals surface area contributed by atoms with Crippen LogP contribution in [0.5, 0.6) is 0 Å². The summed E-state index contributed by atoms with van der Waals surface area (Å²) in [6.45, 7) is 5.71. The first-order valence-corrected chi connectivity index (χ1v) is 12.4. The van der Waals surface area contributed by atoms with E-state index < -0.39 is 17.5 Å². The average Bonchev–Trinajstić information content (AvgIpc) is 2.86. The molecule has 1 aliphatic rings. The smallest absolute Gasteiger partial charge is 0.170 e. The number of halogens is 3. The average molecular weight is 463 g/mol. The van der Waals surface area contributed by atoms with E-state index in [1.54, 1.807) is 24.3 Å². The van der Waals surface area contributed by atoms with Gasteiger partial charge >= 0.3 is 0 Å². The maximum absolute atomic E-state index is 15.0. The number of benzene rings is 3. The predicted octanol–water partition coefficient (Wildman–Crippen LogP) is 9.67. The van der Waals surface area contributed by atoms with E-state index in [1.807, 2.05) is 24.3 Å². The van der Waals surface area contributed by atoms with Gasteiger partial charge in [-0.15, -0.1) is 6.58 Å². The van der Waals surface area contributed by atoms with Crippen molar-refractivity contribution in [1.29, 1.82) is 0 Å². The second-order valence-corrected chi connectivity index (χ2v) is 9.50. The van der Waals surface area contributed by atoms with Crippen LogP contribution in [0.25, 0.3) is 21.9 Å². The maximum Gasteiger partial charge on any atom is 0.170 e. The summed E-state index contributed by atoms with van der Waals surface area (Å²) >= 11 is 0. The fourth-order valence-corrected chi connectivity index (χ4v) is 5.30. The van der Waals surface area contributed by atoms with Gasteiger partial charge in [0, 0.05) is 5.56 Å². The molecule has 1 fully saturated rings. The highest BCUT2D eigenvalue weighted by Crippen LogP contribution is 2.39. The molecule has 0 heterocycles. The van der Waals surface area contributed by atoms with Crippen molar-refractivity contribution in [3.05, 3.63) is 95.9 Å². The Labute approximate surface area is 201 Å². The molecule has 0 aromatic heterocycles. The zero-order chi connectivity index (χ0) is 24.1. The number of hydrogen-bond donors (Lipinski definition) is 0. The summed E-state index contributed by atoms with van der Waals surface area (Å²) < 4.78 is 44.9. The standard InChI is InChI=1S/C31H33F3/c1-3-5-7-8-21-10-12-22(13-11-21)23-14-16-24(17-15-23)27-20-26-19-18-25(9-6-4-2)29(32)28(26)31(34)30(27)33/h3-5,14-22H,2,6-13H2,1H3/b5-3+. The highest BCUT2D eigenvalue weighted by atomic mass is 19.2. The van der Waals surface area contributed by atoms with Crippen LogP contribution in [-0.2, 0) is 6.42 Å². The second-order valence-electron chi connectivity index (χ2n) is 9.50. The zero-order valence-corrected chi connectivity index (χ0v) is 19.9. The SMILES string of the molecule is C=CCCc1ccc2cc(-c3ccc(C4CCC(CC/C=C/C)CC4)cc3)c(F)c(F)c2c1F. The van der Waals surface area contributed by atoms with E-state index in [9.17, 15) is 8.78 Å². The molecule has 1 aliphatic carbocycles. The highest BCUT2D eigenvalue weighted by molar-refractivity contribution is 5.89. The first-order chi connectivity index (χ1) is 16.5. The van der Waals surface area contributed by atoms with Gasteiger partial charge in [0.1, 0.15) is 5.82 Å². The molecule has 3 aromatic carbocycles. The fraction of sp³-hybridized carbons (Fsp3) is 0.355. The maximum atomic E-state index is 15.0. The molecule has 3 heteroatoms. The summed E-state index contributed by atoms with van der Waals surface area (Å²) in [5.41, 5.74) is 2.41. The fourth-order valence-electron chi connectivity index (χ4n) is 5.30. The van der Waals surface area contributed by atoms with Crippen molar-refractivity contribution in [3.8, 4) is 11.1 Å². The van der Waals surface area contributed by atoms with Crippen LogP contribution in [0, 0.1) is 23.4 Å². The van der Waals surface area contributed by atoms with Gasteiger partial charge in [-0.25, -0.2) is 13.2 Å². The quantitative estimate of drug-likeness (QED) is 0.292. The minimum atomic E-state index is -1.12. The molecule has 0 bridgehead atoms. The van der Waals surface area contributed by atoms with Gasteiger partial charge in [-0.3, -0.25) is 0 Å². The lowest BCUT2D eigenvalue weighted by molar-refractivity contribution is 0.312. The lowest BCUT2D eigenvalue weighted by Crippen LogP contribution is -2.13. The molecule has 0 unspecified atom stereocenters. The van der Waals surface area contributed by atoms with Gasteiger partial charge in [-0.2, -0.15) is 0 Å². The molecule has 34 heavy (non-hydrogen) atoms. The van der Waals surface area contributed by atoms with E-state index in [0.717, 1.165) is 12.3 Å². The van der Waals surface area contributed by atoms with Gasteiger partial charge in [0.2, 0.25) is 0 Å². The Morgan fingerprint density at radius 3 is 2.29 bits per heavy atom. The summed E-state index contributed by atoms with van der Waals surface area (Å²) in [5.74, 6) is -1.47. The van der Waals surface area contributed by atoms with Crippen molar-refractivity contribution in [2.45, 2.75) is 64.2 Å². The highest BCUT2D eigenvalue weighted by Gasteiger charge is 2.23. The van der Waals surface area contributed by atoms with Crippen LogP contribution in [0.15, 0.2) is 67.3 Å². The molecule has 0 aliphatic heterocycles. The Morgan fingerprint density at radius 1 is 0.882 bits per heavy atom. The molecule has 1 saturated carbocycles. The summed E-state index contributed by atoms with van der Waals surface area (Å²) in [7, 11) is 0. The normalized spacial score (nSPS) is 18.6. The number of rotatable bonds is 8. The molecule has 0 radical (unpaired) electrons. The van der Waals surface area contributed by atoms with Crippen molar-refractivity contribution >= 4 is 10.8 Å². The summed E-state index contributed by atoms with van der Waals surface area (Å²) in [4.78, 5) is 0. The van der Waals surface area contributed by atoms with Crippen molar-refractivity contribution in [2.75, 3.05) is 0 Å². The van der Waals surface area contributed by atoms with Gasteiger partial charge in [0.25, 0.3) is 0 Å². The molecule has 0 spiro atoms. The van der Waals surface area contributed by atoms with Crippen LogP contribution in [0.2, 0.25) is 0 Å². The summed E-state index contributed by atoms with van der Waals surface area (Å²) in [6, 6.07) is 12.7. The second kappa shape index (κ2) is 11.1. The van der Waals surface area contributed by atoms with Gasteiger partial charge in [-0.1, -0.05) is 54.6 Å². The Kier molecular flexibility index (Phi) is 7.92. The van der Waals surface area contributed by atoms with Gasteiger partial charge in [-0.05, 0) is 98.3 Å². The van der Waals surface area contributed by atoms with Crippen molar-refractivity contribution in [1.82, 2.24) is 0 Å². The molecule has 0 amide bonds. The van der Waals surface area contributed by atoms with Crippen molar-refractivity contribution in [2.24, 2.45) is 5.92 Å². The van der Waals surface area contributed by atoms with Crippen LogP contribution >= 0.6 is 0 Å². The lowest BCUT2D eigenvalue weighted by Gasteiger charge is -2.28. The minimum Gasteiger partial charge on any atom is -0.206 e. The lowest BCUT2D eigenvalue weighted by atomic mass is 9.77. The van der Waals surface area contributed by atoms with E-state index in [1.165, 1.54) is 37.7 Å². The van der Waals surface area contributed by atoms with E-state index in [4.69, 9.17) is 0 Å². The van der Waals surface area contributed by atoms with E-state index in [-0.39, 0.29) is 10.9 Å². The van der Waals surface area contributed by atoms with Gasteiger partial charge < -0.3 is 0 Å². The number of fused-ring (bicyclic) bond motifs is 1. The topological polar surface area (TPSA) is 0 Å². The third kappa shape index (κ3) is 5.14. The molecular weight excluding hydrogens is 429 g/mol. The monoisotopic (exact) mass is 462 g/mol. The first-order valence-electron chi connectivity index (χ1n) is 12.4. The first kappa shape index (κ1) is 24.3. The Morgan fingerprint density at radius 2 is 1.62 bits per heavy atom. The van der Waals surface area contributed by atoms with Crippen LogP contribution in [0.4, 0.5) is 13.2 Å².